The summed E-state index contributed by atoms with van der Waals surface area (Å²) < 4.78 is 5.71. The molecule has 0 amide bonds. The van der Waals surface area contributed by atoms with Crippen molar-refractivity contribution in [3.05, 3.63) is 40.3 Å². The van der Waals surface area contributed by atoms with Crippen LogP contribution in [0, 0.1) is 11.5 Å². The Morgan fingerprint density at radius 2 is 1.87 bits per heavy atom. The molecule has 2 saturated carbocycles. The number of hydrogen-bond acceptors (Lipinski definition) is 7. The molecular weight excluding hydrogens is 500 g/mol. The Hall–Kier alpha value is -2.44. The highest BCUT2D eigenvalue weighted by Gasteiger charge is 2.40. The van der Waals surface area contributed by atoms with Crippen molar-refractivity contribution in [2.45, 2.75) is 88.4 Å². The van der Waals surface area contributed by atoms with Crippen LogP contribution in [0.5, 0.6) is 0 Å². The fourth-order valence-corrected chi connectivity index (χ4v) is 6.15. The van der Waals surface area contributed by atoms with Gasteiger partial charge in [-0.3, -0.25) is 0 Å². The van der Waals surface area contributed by atoms with E-state index < -0.39 is 0 Å². The second-order valence-corrected chi connectivity index (χ2v) is 11.5. The zero-order chi connectivity index (χ0) is 26.4. The highest BCUT2D eigenvalue weighted by Crippen LogP contribution is 2.33. The number of nitrogen functional groups attached to an aromatic ring is 1. The van der Waals surface area contributed by atoms with Crippen LogP contribution < -0.4 is 16.4 Å². The molecule has 3 heterocycles. The van der Waals surface area contributed by atoms with Crippen molar-refractivity contribution in [1.29, 1.82) is 0 Å². The van der Waals surface area contributed by atoms with Crippen molar-refractivity contribution in [2.24, 2.45) is 5.41 Å². The van der Waals surface area contributed by atoms with Gasteiger partial charge in [-0.1, -0.05) is 41.8 Å². The Bertz CT molecular complexity index is 1150. The molecule has 2 aromatic heterocycles. The lowest BCUT2D eigenvalue weighted by atomic mass is 9.81. The maximum absolute atomic E-state index is 10.5. The minimum atomic E-state index is -0.243. The lowest BCUT2D eigenvalue weighted by molar-refractivity contribution is 0.0461. The summed E-state index contributed by atoms with van der Waals surface area (Å²) in [5.74, 6) is 1.18. The highest BCUT2D eigenvalue weighted by molar-refractivity contribution is 6.33. The average molecular weight is 540 g/mol. The SMILES string of the molecule is Nc1cc(-c2cccc(NCC3(C#[N+]C4CCCCC4NC4CCCCC4O)CCOCC3)n2)c(Cl)cn1. The molecule has 9 heteroatoms. The minimum absolute atomic E-state index is 0.186. The van der Waals surface area contributed by atoms with Crippen molar-refractivity contribution in [1.82, 2.24) is 15.3 Å². The van der Waals surface area contributed by atoms with Crippen molar-refractivity contribution < 1.29 is 9.84 Å². The number of nitrogens with two attached hydrogens (primary N) is 1. The number of halogens is 1. The Kier molecular flexibility index (Phi) is 9.01. The summed E-state index contributed by atoms with van der Waals surface area (Å²) in [7, 11) is 0. The predicted octanol–water partition coefficient (Wildman–Crippen LogP) is 5.13. The molecule has 204 valence electrons. The summed E-state index contributed by atoms with van der Waals surface area (Å²) in [4.78, 5) is 13.9. The van der Waals surface area contributed by atoms with E-state index in [1.807, 2.05) is 18.2 Å². The monoisotopic (exact) mass is 539 g/mol. The first kappa shape index (κ1) is 27.1. The zero-order valence-corrected chi connectivity index (χ0v) is 22.8. The molecule has 4 atom stereocenters. The minimum Gasteiger partial charge on any atom is -0.392 e. The Labute approximate surface area is 230 Å². The average Bonchev–Trinajstić information content (AvgIpc) is 2.95. The van der Waals surface area contributed by atoms with Crippen LogP contribution in [0.2, 0.25) is 5.02 Å². The number of nitrogens with zero attached hydrogens (tertiary/aromatic N) is 3. The topological polar surface area (TPSA) is 110 Å². The maximum atomic E-state index is 10.5. The highest BCUT2D eigenvalue weighted by atomic mass is 35.5. The van der Waals surface area contributed by atoms with Crippen LogP contribution in [0.3, 0.4) is 0 Å². The van der Waals surface area contributed by atoms with E-state index in [0.29, 0.717) is 36.6 Å². The van der Waals surface area contributed by atoms with Gasteiger partial charge in [-0.2, -0.15) is 0 Å². The molecule has 3 aliphatic rings. The van der Waals surface area contributed by atoms with E-state index in [9.17, 15) is 5.11 Å². The molecule has 8 nitrogen and oxygen atoms in total. The van der Waals surface area contributed by atoms with Crippen LogP contribution >= 0.6 is 11.6 Å². The van der Waals surface area contributed by atoms with Gasteiger partial charge in [0.05, 0.1) is 22.9 Å². The number of rotatable bonds is 6. The van der Waals surface area contributed by atoms with Gasteiger partial charge in [-0.05, 0) is 56.7 Å². The summed E-state index contributed by atoms with van der Waals surface area (Å²) in [6.07, 6.45) is 11.9. The number of aliphatic hydroxyl groups is 1. The molecule has 4 unspecified atom stereocenters. The maximum Gasteiger partial charge on any atom is 0.287 e. The van der Waals surface area contributed by atoms with Gasteiger partial charge in [0.25, 0.3) is 12.1 Å². The van der Waals surface area contributed by atoms with Gasteiger partial charge < -0.3 is 26.2 Å². The van der Waals surface area contributed by atoms with E-state index in [1.54, 1.807) is 12.3 Å². The van der Waals surface area contributed by atoms with E-state index in [2.05, 4.69) is 21.7 Å². The van der Waals surface area contributed by atoms with Gasteiger partial charge in [-0.15, -0.1) is 0 Å². The number of anilines is 2. The Morgan fingerprint density at radius 3 is 2.68 bits per heavy atom. The predicted molar refractivity (Wildman–Crippen MR) is 153 cm³/mol. The molecule has 0 bridgehead atoms. The quantitative estimate of drug-likeness (QED) is 0.403. The lowest BCUT2D eigenvalue weighted by Crippen LogP contribution is -2.51. The molecule has 0 radical (unpaired) electrons. The summed E-state index contributed by atoms with van der Waals surface area (Å²) in [5.41, 5.74) is 7.16. The Balaban J connectivity index is 1.30. The number of aliphatic hydroxyl groups excluding tert-OH is 1. The molecule has 38 heavy (non-hydrogen) atoms. The van der Waals surface area contributed by atoms with E-state index >= 15 is 0 Å². The molecule has 2 aromatic rings. The molecule has 1 aliphatic heterocycles. The second kappa shape index (κ2) is 12.6. The van der Waals surface area contributed by atoms with Crippen LogP contribution in [-0.2, 0) is 4.74 Å². The zero-order valence-electron chi connectivity index (χ0n) is 22.0. The first-order chi connectivity index (χ1) is 18.5. The standard InChI is InChI=1S/C29H40ClN6O2/c30-21-17-32-27(31)16-20(21)22-9-5-11-28(36-22)34-19-29(12-14-38-15-13-29)18-33-23-6-1-2-7-24(23)35-25-8-3-4-10-26(25)37/h5,9,11,16-17,23-26,35,37H,1-4,6-8,10,12-15,19H2,(H2,31,32)(H,34,36)/q+1. The molecule has 5 rings (SSSR count). The fraction of sp³-hybridized carbons (Fsp3) is 0.621. The van der Waals surface area contributed by atoms with Crippen molar-refractivity contribution >= 4 is 23.2 Å². The van der Waals surface area contributed by atoms with Crippen LogP contribution in [-0.4, -0.2) is 59.1 Å². The number of nitrogens with one attached hydrogen (secondary N) is 2. The largest absolute Gasteiger partial charge is 0.392 e. The summed E-state index contributed by atoms with van der Waals surface area (Å²) in [6, 6.07) is 11.9. The third kappa shape index (κ3) is 6.76. The first-order valence-corrected chi connectivity index (χ1v) is 14.5. The summed E-state index contributed by atoms with van der Waals surface area (Å²) in [5, 5.41) is 18.4. The Morgan fingerprint density at radius 1 is 1.11 bits per heavy atom. The number of hydrogen-bond donors (Lipinski definition) is 4. The van der Waals surface area contributed by atoms with Crippen LogP contribution in [0.1, 0.15) is 64.2 Å². The normalized spacial score (nSPS) is 27.2. The van der Waals surface area contributed by atoms with Crippen molar-refractivity contribution in [3.8, 4) is 17.3 Å². The molecule has 2 aliphatic carbocycles. The van der Waals surface area contributed by atoms with Gasteiger partial charge >= 0.3 is 0 Å². The number of ether oxygens (including phenoxy) is 1. The third-order valence-corrected chi connectivity index (χ3v) is 8.62. The van der Waals surface area contributed by atoms with Crippen molar-refractivity contribution in [3.63, 3.8) is 0 Å². The lowest BCUT2D eigenvalue weighted by Gasteiger charge is -2.33. The van der Waals surface area contributed by atoms with Crippen molar-refractivity contribution in [2.75, 3.05) is 30.8 Å². The van der Waals surface area contributed by atoms with Gasteiger partial charge in [0, 0.05) is 44.0 Å². The summed E-state index contributed by atoms with van der Waals surface area (Å²) in [6.45, 7) is 2.07. The van der Waals surface area contributed by atoms with Gasteiger partial charge in [0.15, 0.2) is 0 Å². The van der Waals surface area contributed by atoms with E-state index in [1.165, 1.54) is 19.3 Å². The van der Waals surface area contributed by atoms with Crippen LogP contribution in [0.4, 0.5) is 11.6 Å². The third-order valence-electron chi connectivity index (χ3n) is 8.31. The van der Waals surface area contributed by atoms with E-state index in [-0.39, 0.29) is 23.6 Å². The van der Waals surface area contributed by atoms with Gasteiger partial charge in [0.2, 0.25) is 0 Å². The van der Waals surface area contributed by atoms with Crippen LogP contribution in [0.25, 0.3) is 16.1 Å². The van der Waals surface area contributed by atoms with Gasteiger partial charge in [0.1, 0.15) is 17.1 Å². The van der Waals surface area contributed by atoms with E-state index in [4.69, 9.17) is 31.9 Å². The molecule has 3 fully saturated rings. The number of aromatic nitrogens is 2. The van der Waals surface area contributed by atoms with E-state index in [0.717, 1.165) is 62.0 Å². The smallest absolute Gasteiger partial charge is 0.287 e. The molecule has 0 aromatic carbocycles. The summed E-state index contributed by atoms with van der Waals surface area (Å²) >= 11 is 6.37. The molecule has 1 saturated heterocycles. The van der Waals surface area contributed by atoms with Gasteiger partial charge in [-0.25, -0.2) is 9.97 Å². The second-order valence-electron chi connectivity index (χ2n) is 11.1. The number of pyridine rings is 2. The molecular formula is C29H40ClN6O2+. The van der Waals surface area contributed by atoms with Crippen LogP contribution in [0.15, 0.2) is 30.5 Å². The fourth-order valence-electron chi connectivity index (χ4n) is 5.95. The first-order valence-electron chi connectivity index (χ1n) is 14.1. The molecule has 0 spiro atoms. The molecule has 5 N–H and O–H groups in total.